The van der Waals surface area contributed by atoms with Crippen LogP contribution in [-0.2, 0) is 0 Å². The Morgan fingerprint density at radius 2 is 0.826 bits per heavy atom. The van der Waals surface area contributed by atoms with Gasteiger partial charge in [0, 0.05) is 51.8 Å². The Bertz CT molecular complexity index is 2460. The Morgan fingerprint density at radius 3 is 1.24 bits per heavy atom. The van der Waals surface area contributed by atoms with Crippen LogP contribution in [0, 0.1) is 10.3 Å². The van der Waals surface area contributed by atoms with Gasteiger partial charge in [0.15, 0.2) is 21.4 Å². The molecule has 0 saturated heterocycles. The number of rotatable bonds is 4. The number of fused-ring (bicyclic) bond motifs is 5. The quantitative estimate of drug-likeness (QED) is 0.186. The van der Waals surface area contributed by atoms with Gasteiger partial charge in [0.25, 0.3) is 0 Å². The molecule has 6 heterocycles. The molecule has 10 heteroatoms. The van der Waals surface area contributed by atoms with Crippen LogP contribution in [0.3, 0.4) is 0 Å². The highest BCUT2D eigenvalue weighted by Crippen LogP contribution is 2.40. The maximum absolute atomic E-state index is 13.5. The second-order valence-electron chi connectivity index (χ2n) is 11.0. The van der Waals surface area contributed by atoms with E-state index in [1.165, 1.54) is 22.7 Å². The van der Waals surface area contributed by atoms with Gasteiger partial charge in [-0.1, -0.05) is 24.3 Å². The van der Waals surface area contributed by atoms with Gasteiger partial charge < -0.3 is 8.83 Å². The van der Waals surface area contributed by atoms with Crippen molar-refractivity contribution in [2.24, 2.45) is 0 Å². The second-order valence-corrected chi connectivity index (χ2v) is 15.2. The molecule has 0 aliphatic heterocycles. The molecule has 0 saturated carbocycles. The fraction of sp³-hybridized carbons (Fsp3) is 0. The molecule has 4 nitrogen and oxygen atoms in total. The van der Waals surface area contributed by atoms with Crippen molar-refractivity contribution < 1.29 is 17.6 Å². The molecule has 0 spiro atoms. The van der Waals surface area contributed by atoms with E-state index in [9.17, 15) is 8.78 Å². The largest absolute Gasteiger partial charge is 0.436 e. The van der Waals surface area contributed by atoms with Crippen molar-refractivity contribution in [1.82, 2.24) is 9.97 Å². The molecular formula is C36H16F2N2O2S4. The van der Waals surface area contributed by atoms with E-state index in [1.54, 1.807) is 34.8 Å². The summed E-state index contributed by atoms with van der Waals surface area (Å²) in [5.41, 5.74) is 6.83. The van der Waals surface area contributed by atoms with Crippen molar-refractivity contribution in [3.63, 3.8) is 0 Å². The molecule has 0 radical (unpaired) electrons. The first-order valence-electron chi connectivity index (χ1n) is 14.2. The van der Waals surface area contributed by atoms with Crippen LogP contribution in [0.15, 0.2) is 106 Å². The summed E-state index contributed by atoms with van der Waals surface area (Å²) in [6.07, 6.45) is 0. The van der Waals surface area contributed by atoms with E-state index < -0.39 is 0 Å². The highest BCUT2D eigenvalue weighted by Gasteiger charge is 2.15. The van der Waals surface area contributed by atoms with Gasteiger partial charge in [0.1, 0.15) is 11.0 Å². The number of hydrogen-bond donors (Lipinski definition) is 0. The lowest BCUT2D eigenvalue weighted by Crippen LogP contribution is -1.78. The molecule has 4 aromatic carbocycles. The van der Waals surface area contributed by atoms with Crippen LogP contribution < -0.4 is 0 Å². The van der Waals surface area contributed by atoms with Gasteiger partial charge in [-0.15, -0.1) is 45.3 Å². The molecule has 10 aromatic rings. The van der Waals surface area contributed by atoms with E-state index in [0.29, 0.717) is 22.9 Å². The molecular weight excluding hydrogens is 659 g/mol. The van der Waals surface area contributed by atoms with Crippen LogP contribution in [0.5, 0.6) is 0 Å². The molecule has 0 amide bonds. The fourth-order valence-electron chi connectivity index (χ4n) is 5.79. The van der Waals surface area contributed by atoms with Crippen molar-refractivity contribution in [3.05, 3.63) is 107 Å². The van der Waals surface area contributed by atoms with Crippen LogP contribution in [0.2, 0.25) is 0 Å². The molecule has 0 atom stereocenters. The summed E-state index contributed by atoms with van der Waals surface area (Å²) in [5.74, 6) is 1.10. The Hall–Kier alpha value is -4.74. The standard InChI is InChI=1S/C36H16F2N2O2S4/c37-33-15-31-29(45-33)13-27(43-31)17-1-5-19(6-2-17)35-39-23-9-21-12-26-24(10-22(21)11-25(23)41-35)40-36(42-26)20-7-3-18(4-8-20)28-14-30-32(44-28)16-34(38)46-30/h1-16H. The maximum atomic E-state index is 13.5. The molecule has 220 valence electrons. The summed E-state index contributed by atoms with van der Waals surface area (Å²) in [7, 11) is 0. The van der Waals surface area contributed by atoms with E-state index >= 15 is 0 Å². The molecule has 46 heavy (non-hydrogen) atoms. The van der Waals surface area contributed by atoms with Gasteiger partial charge in [0.05, 0.1) is 0 Å². The Balaban J connectivity index is 0.941. The minimum absolute atomic E-state index is 0.154. The SMILES string of the molecule is Fc1cc2sc(-c3ccc(-c4nc5cc6cc7oc(-c8ccc(-c9cc%10sc(F)cc%10s9)cc8)nc7cc6cc5o4)cc3)cc2s1. The molecule has 0 fully saturated rings. The van der Waals surface area contributed by atoms with Crippen molar-refractivity contribution in [2.45, 2.75) is 0 Å². The van der Waals surface area contributed by atoms with Crippen LogP contribution >= 0.6 is 45.3 Å². The van der Waals surface area contributed by atoms with E-state index in [0.717, 1.165) is 72.6 Å². The van der Waals surface area contributed by atoms with Gasteiger partial charge >= 0.3 is 0 Å². The third-order valence-electron chi connectivity index (χ3n) is 8.04. The Kier molecular flexibility index (Phi) is 5.69. The highest BCUT2D eigenvalue weighted by molar-refractivity contribution is 7.29. The molecule has 0 aliphatic carbocycles. The van der Waals surface area contributed by atoms with Crippen molar-refractivity contribution in [1.29, 1.82) is 0 Å². The zero-order valence-electron chi connectivity index (χ0n) is 23.3. The van der Waals surface area contributed by atoms with Gasteiger partial charge in [-0.2, -0.15) is 8.78 Å². The van der Waals surface area contributed by atoms with Crippen LogP contribution in [0.25, 0.3) is 95.6 Å². The third-order valence-corrected chi connectivity index (χ3v) is 12.3. The number of benzene rings is 4. The summed E-state index contributed by atoms with van der Waals surface area (Å²) in [4.78, 5) is 11.8. The van der Waals surface area contributed by atoms with Gasteiger partial charge in [-0.25, -0.2) is 9.97 Å². The molecule has 6 aromatic heterocycles. The first kappa shape index (κ1) is 26.5. The number of thiophene rings is 4. The van der Waals surface area contributed by atoms with Crippen LogP contribution in [-0.4, -0.2) is 9.97 Å². The third kappa shape index (κ3) is 4.33. The zero-order valence-corrected chi connectivity index (χ0v) is 26.6. The first-order chi connectivity index (χ1) is 22.5. The maximum Gasteiger partial charge on any atom is 0.227 e. The van der Waals surface area contributed by atoms with Gasteiger partial charge in [0.2, 0.25) is 11.8 Å². The lowest BCUT2D eigenvalue weighted by atomic mass is 10.1. The molecule has 0 N–H and O–H groups in total. The molecule has 0 aliphatic rings. The number of hydrogen-bond acceptors (Lipinski definition) is 8. The second kappa shape index (κ2) is 9.88. The van der Waals surface area contributed by atoms with Crippen LogP contribution in [0.1, 0.15) is 0 Å². The zero-order chi connectivity index (χ0) is 30.5. The minimum Gasteiger partial charge on any atom is -0.436 e. The molecule has 10 rings (SSSR count). The lowest BCUT2D eigenvalue weighted by molar-refractivity contribution is 0.619. The van der Waals surface area contributed by atoms with Gasteiger partial charge in [-0.3, -0.25) is 0 Å². The Morgan fingerprint density at radius 1 is 0.435 bits per heavy atom. The van der Waals surface area contributed by atoms with Crippen molar-refractivity contribution >= 4 is 97.1 Å². The highest BCUT2D eigenvalue weighted by atomic mass is 32.1. The average molecular weight is 675 g/mol. The van der Waals surface area contributed by atoms with Crippen molar-refractivity contribution in [2.75, 3.05) is 0 Å². The number of nitrogens with zero attached hydrogens (tertiary/aromatic N) is 2. The summed E-state index contributed by atoms with van der Waals surface area (Å²) < 4.78 is 43.3. The molecule has 0 bridgehead atoms. The lowest BCUT2D eigenvalue weighted by Gasteiger charge is -1.99. The van der Waals surface area contributed by atoms with E-state index in [4.69, 9.17) is 18.8 Å². The first-order valence-corrected chi connectivity index (χ1v) is 17.5. The van der Waals surface area contributed by atoms with Crippen LogP contribution in [0.4, 0.5) is 8.78 Å². The summed E-state index contributed by atoms with van der Waals surface area (Å²) in [6, 6.07) is 31.5. The monoisotopic (exact) mass is 674 g/mol. The predicted octanol–water partition coefficient (Wildman–Crippen LogP) is 12.6. The summed E-state index contributed by atoms with van der Waals surface area (Å²) >= 11 is 5.53. The normalized spacial score (nSPS) is 12.1. The average Bonchev–Trinajstić information content (AvgIpc) is 3.89. The van der Waals surface area contributed by atoms with E-state index in [2.05, 4.69) is 0 Å². The predicted molar refractivity (Wildman–Crippen MR) is 187 cm³/mol. The summed E-state index contributed by atoms with van der Waals surface area (Å²) in [5, 5.41) is 1.66. The van der Waals surface area contributed by atoms with Gasteiger partial charge in [-0.05, 0) is 82.6 Å². The molecule has 0 unspecified atom stereocenters. The number of halogens is 2. The number of aromatic nitrogens is 2. The Labute approximate surface area is 274 Å². The fourth-order valence-corrected chi connectivity index (χ4v) is 10.0. The minimum atomic E-state index is -0.154. The number of oxazole rings is 2. The smallest absolute Gasteiger partial charge is 0.227 e. The van der Waals surface area contributed by atoms with Crippen molar-refractivity contribution in [3.8, 4) is 43.8 Å². The topological polar surface area (TPSA) is 52.1 Å². The summed E-state index contributed by atoms with van der Waals surface area (Å²) in [6.45, 7) is 0. The van der Waals surface area contributed by atoms with E-state index in [1.807, 2.05) is 84.9 Å². The van der Waals surface area contributed by atoms with E-state index in [-0.39, 0.29) is 10.3 Å².